The van der Waals surface area contributed by atoms with Crippen molar-refractivity contribution in [3.05, 3.63) is 27.5 Å². The van der Waals surface area contributed by atoms with Gasteiger partial charge in [-0.1, -0.05) is 0 Å². The number of hydrogen-bond donors (Lipinski definition) is 2. The van der Waals surface area contributed by atoms with E-state index < -0.39 is 0 Å². The third kappa shape index (κ3) is 1.45. The van der Waals surface area contributed by atoms with Gasteiger partial charge in [0.15, 0.2) is 0 Å². The fourth-order valence-electron chi connectivity index (χ4n) is 1.21. The monoisotopic (exact) mass is 258 g/mol. The van der Waals surface area contributed by atoms with Gasteiger partial charge in [0, 0.05) is 10.1 Å². The molecular formula is C9H7BrO2S. The molecule has 0 amide bonds. The van der Waals surface area contributed by atoms with Gasteiger partial charge in [-0.15, -0.1) is 11.3 Å². The summed E-state index contributed by atoms with van der Waals surface area (Å²) in [5.41, 5.74) is 0.864. The largest absolute Gasteiger partial charge is 0.507 e. The number of fused-ring (bicyclic) bond motifs is 1. The maximum atomic E-state index is 9.43. The highest BCUT2D eigenvalue weighted by Gasteiger charge is 2.06. The van der Waals surface area contributed by atoms with E-state index in [0.717, 1.165) is 15.6 Å². The van der Waals surface area contributed by atoms with Crippen LogP contribution in [-0.4, -0.2) is 10.2 Å². The Morgan fingerprint density at radius 1 is 1.38 bits per heavy atom. The molecule has 0 saturated heterocycles. The molecule has 1 aromatic heterocycles. The smallest absolute Gasteiger partial charge is 0.130 e. The number of rotatable bonds is 1. The van der Waals surface area contributed by atoms with E-state index >= 15 is 0 Å². The highest BCUT2D eigenvalue weighted by atomic mass is 79.9. The van der Waals surface area contributed by atoms with E-state index in [-0.39, 0.29) is 12.4 Å². The molecule has 0 atom stereocenters. The highest BCUT2D eigenvalue weighted by molar-refractivity contribution is 9.10. The van der Waals surface area contributed by atoms with Gasteiger partial charge < -0.3 is 10.2 Å². The number of phenols is 1. The zero-order valence-corrected chi connectivity index (χ0v) is 9.02. The number of thiophene rings is 1. The van der Waals surface area contributed by atoms with Crippen molar-refractivity contribution in [2.24, 2.45) is 0 Å². The average molecular weight is 259 g/mol. The molecule has 68 valence electrons. The normalized spacial score (nSPS) is 10.9. The number of hydrogen-bond acceptors (Lipinski definition) is 3. The first-order valence-corrected chi connectivity index (χ1v) is 5.39. The number of aliphatic hydroxyl groups excluding tert-OH is 1. The number of aliphatic hydroxyl groups is 1. The number of halogens is 1. The van der Waals surface area contributed by atoms with Crippen LogP contribution in [-0.2, 0) is 6.61 Å². The fraction of sp³-hybridized carbons (Fsp3) is 0.111. The summed E-state index contributed by atoms with van der Waals surface area (Å²) in [6.07, 6.45) is 0. The van der Waals surface area contributed by atoms with Gasteiger partial charge in [0.25, 0.3) is 0 Å². The van der Waals surface area contributed by atoms with Crippen molar-refractivity contribution >= 4 is 37.4 Å². The van der Waals surface area contributed by atoms with Crippen LogP contribution in [0.5, 0.6) is 5.75 Å². The van der Waals surface area contributed by atoms with E-state index in [4.69, 9.17) is 5.11 Å². The molecule has 1 aromatic carbocycles. The summed E-state index contributed by atoms with van der Waals surface area (Å²) in [5.74, 6) is 0.209. The topological polar surface area (TPSA) is 40.5 Å². The maximum Gasteiger partial charge on any atom is 0.130 e. The molecule has 0 fully saturated rings. The molecule has 0 bridgehead atoms. The molecule has 2 N–H and O–H groups in total. The van der Waals surface area contributed by atoms with Gasteiger partial charge in [0.05, 0.1) is 11.1 Å². The Hall–Kier alpha value is -0.580. The van der Waals surface area contributed by atoms with Crippen molar-refractivity contribution in [1.29, 1.82) is 0 Å². The van der Waals surface area contributed by atoms with Gasteiger partial charge in [-0.05, 0) is 39.0 Å². The standard InChI is InChI=1S/C9H7BrO2S/c10-7-2-9-6(1-8(7)12)5(3-11)4-13-9/h1-2,4,11-12H,3H2. The van der Waals surface area contributed by atoms with E-state index in [0.29, 0.717) is 4.47 Å². The lowest BCUT2D eigenvalue weighted by molar-refractivity contribution is 0.284. The van der Waals surface area contributed by atoms with Crippen molar-refractivity contribution in [2.45, 2.75) is 6.61 Å². The first kappa shape index (κ1) is 8.99. The molecule has 0 aliphatic carbocycles. The van der Waals surface area contributed by atoms with Crippen LogP contribution in [0.4, 0.5) is 0 Å². The summed E-state index contributed by atoms with van der Waals surface area (Å²) in [5, 5.41) is 21.3. The fourth-order valence-corrected chi connectivity index (χ4v) is 2.68. The maximum absolute atomic E-state index is 9.43. The van der Waals surface area contributed by atoms with E-state index in [1.807, 2.05) is 11.4 Å². The zero-order valence-electron chi connectivity index (χ0n) is 6.62. The molecule has 0 saturated carbocycles. The van der Waals surface area contributed by atoms with Crippen LogP contribution in [0.15, 0.2) is 22.0 Å². The van der Waals surface area contributed by atoms with E-state index in [9.17, 15) is 5.11 Å². The van der Waals surface area contributed by atoms with Crippen LogP contribution in [0.1, 0.15) is 5.56 Å². The van der Waals surface area contributed by atoms with Crippen LogP contribution >= 0.6 is 27.3 Å². The van der Waals surface area contributed by atoms with Gasteiger partial charge in [-0.25, -0.2) is 0 Å². The molecule has 0 spiro atoms. The molecule has 0 unspecified atom stereocenters. The Balaban J connectivity index is 2.77. The number of benzene rings is 1. The van der Waals surface area contributed by atoms with Crippen LogP contribution in [0, 0.1) is 0 Å². The molecule has 2 rings (SSSR count). The molecule has 13 heavy (non-hydrogen) atoms. The molecule has 4 heteroatoms. The molecule has 0 radical (unpaired) electrons. The zero-order chi connectivity index (χ0) is 9.42. The lowest BCUT2D eigenvalue weighted by atomic mass is 10.2. The van der Waals surface area contributed by atoms with E-state index in [1.165, 1.54) is 0 Å². The summed E-state index contributed by atoms with van der Waals surface area (Å²) >= 11 is 4.80. The second kappa shape index (κ2) is 3.29. The summed E-state index contributed by atoms with van der Waals surface area (Å²) in [6, 6.07) is 3.52. The number of phenolic OH excluding ortho intramolecular Hbond substituents is 1. The average Bonchev–Trinajstić information content (AvgIpc) is 2.48. The Labute approximate surface area is 87.6 Å². The van der Waals surface area contributed by atoms with Crippen molar-refractivity contribution in [3.8, 4) is 5.75 Å². The molecule has 1 heterocycles. The summed E-state index contributed by atoms with van der Waals surface area (Å²) in [7, 11) is 0. The van der Waals surface area contributed by atoms with Gasteiger partial charge in [-0.3, -0.25) is 0 Å². The van der Waals surface area contributed by atoms with Crippen LogP contribution in [0.25, 0.3) is 10.1 Å². The van der Waals surface area contributed by atoms with Crippen molar-refractivity contribution in [1.82, 2.24) is 0 Å². The molecular weight excluding hydrogens is 252 g/mol. The van der Waals surface area contributed by atoms with Crippen molar-refractivity contribution in [3.63, 3.8) is 0 Å². The molecule has 2 nitrogen and oxygen atoms in total. The van der Waals surface area contributed by atoms with E-state index in [1.54, 1.807) is 17.4 Å². The first-order valence-electron chi connectivity index (χ1n) is 3.72. The Morgan fingerprint density at radius 2 is 2.15 bits per heavy atom. The first-order chi connectivity index (χ1) is 6.22. The molecule has 0 aliphatic rings. The predicted molar refractivity (Wildman–Crippen MR) is 57.1 cm³/mol. The third-order valence-corrected chi connectivity index (χ3v) is 3.52. The van der Waals surface area contributed by atoms with Crippen LogP contribution in [0.2, 0.25) is 0 Å². The lowest BCUT2D eigenvalue weighted by Gasteiger charge is -1.98. The minimum absolute atomic E-state index is 0.0150. The predicted octanol–water partition coefficient (Wildman–Crippen LogP) is 2.86. The molecule has 0 aliphatic heterocycles. The van der Waals surface area contributed by atoms with Crippen molar-refractivity contribution < 1.29 is 10.2 Å². The third-order valence-electron chi connectivity index (χ3n) is 1.89. The Kier molecular flexibility index (Phi) is 2.27. The Bertz CT molecular complexity index is 450. The quantitative estimate of drug-likeness (QED) is 0.826. The van der Waals surface area contributed by atoms with Crippen LogP contribution in [0.3, 0.4) is 0 Å². The van der Waals surface area contributed by atoms with Gasteiger partial charge in [0.2, 0.25) is 0 Å². The van der Waals surface area contributed by atoms with Gasteiger partial charge in [0.1, 0.15) is 5.75 Å². The summed E-state index contributed by atoms with van der Waals surface area (Å²) in [6.45, 7) is 0.0150. The second-order valence-electron chi connectivity index (χ2n) is 2.72. The van der Waals surface area contributed by atoms with Gasteiger partial charge >= 0.3 is 0 Å². The highest BCUT2D eigenvalue weighted by Crippen LogP contribution is 2.34. The minimum atomic E-state index is 0.0150. The van der Waals surface area contributed by atoms with Crippen LogP contribution < -0.4 is 0 Å². The van der Waals surface area contributed by atoms with Gasteiger partial charge in [-0.2, -0.15) is 0 Å². The van der Waals surface area contributed by atoms with Crippen molar-refractivity contribution in [2.75, 3.05) is 0 Å². The SMILES string of the molecule is OCc1csc2cc(Br)c(O)cc12. The minimum Gasteiger partial charge on any atom is -0.507 e. The summed E-state index contributed by atoms with van der Waals surface area (Å²) < 4.78 is 1.75. The van der Waals surface area contributed by atoms with E-state index in [2.05, 4.69) is 15.9 Å². The Morgan fingerprint density at radius 3 is 2.85 bits per heavy atom. The lowest BCUT2D eigenvalue weighted by Crippen LogP contribution is -1.78. The number of aromatic hydroxyl groups is 1. The summed E-state index contributed by atoms with van der Waals surface area (Å²) in [4.78, 5) is 0. The molecule has 2 aromatic rings. The second-order valence-corrected chi connectivity index (χ2v) is 4.48.